The molecule has 3 heteroatoms. The van der Waals surface area contributed by atoms with Gasteiger partial charge >= 0.3 is 16.1 Å². The van der Waals surface area contributed by atoms with Crippen LogP contribution in [0.15, 0.2) is 12.2 Å². The Kier molecular flexibility index (Phi) is 20.9. The standard InChI is InChI=1S/C18H34O2.Be.2H/c1-2-3-4-5-6-7-8-9-10-11-12-13-14-15-16-17-18(19)20;;;/h9-10H,2-8,11-17H2,1H3,(H,19,20);;;/b10-9-;;;. The van der Waals surface area contributed by atoms with Crippen LogP contribution in [0.3, 0.4) is 0 Å². The van der Waals surface area contributed by atoms with Gasteiger partial charge in [0.25, 0.3) is 0 Å². The molecule has 1 N–H and O–H groups in total. The minimum atomic E-state index is -0.664. The van der Waals surface area contributed by atoms with Crippen LogP contribution in [0.2, 0.25) is 0 Å². The third kappa shape index (κ3) is 21.8. The summed E-state index contributed by atoms with van der Waals surface area (Å²) >= 11 is 0. The Morgan fingerprint density at radius 2 is 1.19 bits per heavy atom. The Morgan fingerprint density at radius 3 is 1.67 bits per heavy atom. The van der Waals surface area contributed by atoms with Gasteiger partial charge in [-0.15, -0.1) is 0 Å². The van der Waals surface area contributed by atoms with E-state index < -0.39 is 5.97 Å². The maximum absolute atomic E-state index is 10.3. The summed E-state index contributed by atoms with van der Waals surface area (Å²) in [4.78, 5) is 10.3. The first-order chi connectivity index (χ1) is 9.77. The molecule has 0 aromatic heterocycles. The van der Waals surface area contributed by atoms with Gasteiger partial charge in [0.15, 0.2) is 0 Å². The molecule has 0 fully saturated rings. The normalized spacial score (nSPS) is 10.7. The van der Waals surface area contributed by atoms with Crippen molar-refractivity contribution in [3.05, 3.63) is 12.2 Å². The summed E-state index contributed by atoms with van der Waals surface area (Å²) in [5.74, 6) is -0.664. The van der Waals surface area contributed by atoms with Crippen LogP contribution in [-0.4, -0.2) is 21.2 Å². The summed E-state index contributed by atoms with van der Waals surface area (Å²) in [5, 5.41) is 8.51. The Morgan fingerprint density at radius 1 is 0.762 bits per heavy atom. The average molecular weight is 293 g/mol. The second kappa shape index (κ2) is 19.4. The molecule has 0 amide bonds. The fraction of sp³-hybridized carbons (Fsp3) is 0.833. The Bertz CT molecular complexity index is 239. The van der Waals surface area contributed by atoms with Crippen molar-refractivity contribution in [2.24, 2.45) is 0 Å². The summed E-state index contributed by atoms with van der Waals surface area (Å²) in [6.45, 7) is 2.26. The van der Waals surface area contributed by atoms with Gasteiger partial charge in [-0.2, -0.15) is 0 Å². The van der Waals surface area contributed by atoms with Crippen LogP contribution >= 0.6 is 0 Å². The van der Waals surface area contributed by atoms with Gasteiger partial charge in [0.1, 0.15) is 0 Å². The average Bonchev–Trinajstić information content (AvgIpc) is 2.43. The monoisotopic (exact) mass is 293 g/mol. The minimum absolute atomic E-state index is 0. The molecule has 0 aliphatic rings. The summed E-state index contributed by atoms with van der Waals surface area (Å²) in [6.07, 6.45) is 21.2. The molecule has 122 valence electrons. The number of carboxylic acids is 1. The van der Waals surface area contributed by atoms with E-state index in [1.165, 1.54) is 70.6 Å². The van der Waals surface area contributed by atoms with E-state index in [2.05, 4.69) is 19.1 Å². The number of carbonyl (C=O) groups is 1. The number of allylic oxidation sites excluding steroid dienone is 2. The van der Waals surface area contributed by atoms with Crippen LogP contribution in [0, 0.1) is 0 Å². The number of hydrogen-bond donors (Lipinski definition) is 1. The number of aliphatic carboxylic acids is 1. The Labute approximate surface area is 135 Å². The van der Waals surface area contributed by atoms with Crippen molar-refractivity contribution in [2.45, 2.75) is 96.8 Å². The SMILES string of the molecule is CCCCCCCC/C=C\CCCCCCCC(=O)O.[BeH2]. The van der Waals surface area contributed by atoms with Crippen molar-refractivity contribution < 1.29 is 9.90 Å². The van der Waals surface area contributed by atoms with Gasteiger partial charge in [-0.25, -0.2) is 0 Å². The van der Waals surface area contributed by atoms with E-state index in [1.807, 2.05) is 0 Å². The van der Waals surface area contributed by atoms with Crippen LogP contribution in [0.1, 0.15) is 96.8 Å². The molecule has 0 unspecified atom stereocenters. The maximum atomic E-state index is 10.3. The molecule has 0 saturated carbocycles. The predicted molar refractivity (Wildman–Crippen MR) is 95.6 cm³/mol. The van der Waals surface area contributed by atoms with E-state index in [0.29, 0.717) is 6.42 Å². The van der Waals surface area contributed by atoms with E-state index in [9.17, 15) is 4.79 Å². The van der Waals surface area contributed by atoms with Crippen molar-refractivity contribution in [1.82, 2.24) is 0 Å². The molecule has 0 saturated heterocycles. The molecule has 0 radical (unpaired) electrons. The molecule has 0 atom stereocenters. The topological polar surface area (TPSA) is 37.3 Å². The summed E-state index contributed by atoms with van der Waals surface area (Å²) in [7, 11) is 0. The van der Waals surface area contributed by atoms with E-state index in [1.54, 1.807) is 0 Å². The molecular formula is C18H36BeO2. The Balaban J connectivity index is 0. The molecule has 21 heavy (non-hydrogen) atoms. The molecule has 0 bridgehead atoms. The van der Waals surface area contributed by atoms with Crippen LogP contribution in [0.4, 0.5) is 0 Å². The van der Waals surface area contributed by atoms with Gasteiger partial charge in [0, 0.05) is 6.42 Å². The van der Waals surface area contributed by atoms with E-state index >= 15 is 0 Å². The predicted octanol–water partition coefficient (Wildman–Crippen LogP) is 5.19. The van der Waals surface area contributed by atoms with Gasteiger partial charge < -0.3 is 5.11 Å². The van der Waals surface area contributed by atoms with Crippen molar-refractivity contribution in [3.63, 3.8) is 0 Å². The molecule has 0 aromatic carbocycles. The van der Waals surface area contributed by atoms with E-state index in [-0.39, 0.29) is 10.1 Å². The molecule has 0 heterocycles. The van der Waals surface area contributed by atoms with Gasteiger partial charge in [0.2, 0.25) is 0 Å². The molecule has 0 aliphatic heterocycles. The van der Waals surface area contributed by atoms with Crippen LogP contribution in [0.5, 0.6) is 0 Å². The fourth-order valence-corrected chi connectivity index (χ4v) is 2.35. The quantitative estimate of drug-likeness (QED) is 0.256. The van der Waals surface area contributed by atoms with E-state index in [4.69, 9.17) is 5.11 Å². The third-order valence-electron chi connectivity index (χ3n) is 3.65. The summed E-state index contributed by atoms with van der Waals surface area (Å²) in [6, 6.07) is 0. The van der Waals surface area contributed by atoms with E-state index in [0.717, 1.165) is 12.8 Å². The summed E-state index contributed by atoms with van der Waals surface area (Å²) < 4.78 is 0. The zero-order chi connectivity index (χ0) is 14.9. The zero-order valence-corrected chi connectivity index (χ0v) is 13.4. The van der Waals surface area contributed by atoms with Gasteiger partial charge in [-0.3, -0.25) is 4.79 Å². The van der Waals surface area contributed by atoms with Crippen molar-refractivity contribution in [1.29, 1.82) is 0 Å². The van der Waals surface area contributed by atoms with Crippen LogP contribution in [0.25, 0.3) is 0 Å². The molecule has 0 aromatic rings. The van der Waals surface area contributed by atoms with Crippen LogP contribution < -0.4 is 0 Å². The van der Waals surface area contributed by atoms with Crippen molar-refractivity contribution >= 4 is 16.1 Å². The van der Waals surface area contributed by atoms with Crippen molar-refractivity contribution in [2.75, 3.05) is 0 Å². The first kappa shape index (κ1) is 22.7. The van der Waals surface area contributed by atoms with Crippen LogP contribution in [-0.2, 0) is 4.79 Å². The number of unbranched alkanes of at least 4 members (excludes halogenated alkanes) is 11. The molecular weight excluding hydrogens is 257 g/mol. The molecule has 0 aliphatic carbocycles. The number of carboxylic acid groups (broad SMARTS) is 1. The first-order valence-electron chi connectivity index (χ1n) is 8.64. The second-order valence-corrected chi connectivity index (χ2v) is 5.73. The zero-order valence-electron chi connectivity index (χ0n) is 13.4. The number of rotatable bonds is 15. The molecule has 0 rings (SSSR count). The van der Waals surface area contributed by atoms with Gasteiger partial charge in [-0.05, 0) is 32.1 Å². The molecule has 0 spiro atoms. The van der Waals surface area contributed by atoms with Crippen molar-refractivity contribution in [3.8, 4) is 0 Å². The third-order valence-corrected chi connectivity index (χ3v) is 3.65. The fourth-order valence-electron chi connectivity index (χ4n) is 2.35. The van der Waals surface area contributed by atoms with Gasteiger partial charge in [0.05, 0.1) is 0 Å². The second-order valence-electron chi connectivity index (χ2n) is 5.73. The van der Waals surface area contributed by atoms with Gasteiger partial charge in [-0.1, -0.05) is 70.4 Å². The first-order valence-corrected chi connectivity index (χ1v) is 8.64. The summed E-state index contributed by atoms with van der Waals surface area (Å²) in [5.41, 5.74) is 0. The Hall–Kier alpha value is -0.621. The number of hydrogen-bond acceptors (Lipinski definition) is 1. The molecule has 2 nitrogen and oxygen atoms in total.